The summed E-state index contributed by atoms with van der Waals surface area (Å²) in [6.45, 7) is 2.33. The number of aliphatic carboxylic acids is 1. The molecule has 1 aromatic heterocycles. The molecule has 1 amide bonds. The molecule has 0 spiro atoms. The molecule has 0 saturated heterocycles. The zero-order valence-electron chi connectivity index (χ0n) is 12.2. The summed E-state index contributed by atoms with van der Waals surface area (Å²) in [5.74, 6) is 0.410. The molecule has 1 aromatic rings. The summed E-state index contributed by atoms with van der Waals surface area (Å²) in [5, 5.41) is 12.7. The molecule has 7 nitrogen and oxygen atoms in total. The maximum atomic E-state index is 12.1. The SMILES string of the molecule is CCCc1noc(CCC(=O)N(CC(=O)O)CC2CC2)n1. The van der Waals surface area contributed by atoms with Gasteiger partial charge >= 0.3 is 5.97 Å². The van der Waals surface area contributed by atoms with Gasteiger partial charge in [-0.2, -0.15) is 4.98 Å². The minimum atomic E-state index is -0.980. The van der Waals surface area contributed by atoms with E-state index in [0.717, 1.165) is 25.7 Å². The van der Waals surface area contributed by atoms with Crippen molar-refractivity contribution in [2.45, 2.75) is 45.4 Å². The molecule has 0 atom stereocenters. The lowest BCUT2D eigenvalue weighted by molar-refractivity contribution is -0.144. The predicted octanol–water partition coefficient (Wildman–Crippen LogP) is 1.28. The van der Waals surface area contributed by atoms with Crippen LogP contribution in [0.2, 0.25) is 0 Å². The van der Waals surface area contributed by atoms with Crippen LogP contribution in [0, 0.1) is 5.92 Å². The Kier molecular flexibility index (Phi) is 5.30. The van der Waals surface area contributed by atoms with Crippen LogP contribution in [0.25, 0.3) is 0 Å². The van der Waals surface area contributed by atoms with Gasteiger partial charge in [-0.25, -0.2) is 0 Å². The van der Waals surface area contributed by atoms with E-state index in [-0.39, 0.29) is 18.9 Å². The van der Waals surface area contributed by atoms with Gasteiger partial charge in [0.1, 0.15) is 6.54 Å². The van der Waals surface area contributed by atoms with Crippen LogP contribution in [-0.2, 0) is 22.4 Å². The normalized spacial score (nSPS) is 14.1. The van der Waals surface area contributed by atoms with Gasteiger partial charge in [-0.05, 0) is 25.2 Å². The van der Waals surface area contributed by atoms with E-state index in [0.29, 0.717) is 30.6 Å². The molecule has 0 radical (unpaired) electrons. The molecule has 0 aliphatic heterocycles. The molecule has 1 N–H and O–H groups in total. The van der Waals surface area contributed by atoms with Gasteiger partial charge in [-0.15, -0.1) is 0 Å². The lowest BCUT2D eigenvalue weighted by atomic mass is 10.2. The summed E-state index contributed by atoms with van der Waals surface area (Å²) in [6.07, 6.45) is 4.40. The fourth-order valence-corrected chi connectivity index (χ4v) is 2.12. The van der Waals surface area contributed by atoms with Crippen molar-refractivity contribution >= 4 is 11.9 Å². The number of carbonyl (C=O) groups is 2. The Morgan fingerprint density at radius 1 is 1.38 bits per heavy atom. The standard InChI is InChI=1S/C14H21N3O4/c1-2-3-11-15-12(21-16-11)6-7-13(18)17(9-14(19)20)8-10-4-5-10/h10H,2-9H2,1H3,(H,19,20). The number of rotatable bonds is 9. The van der Waals surface area contributed by atoms with E-state index >= 15 is 0 Å². The first-order chi connectivity index (χ1) is 10.1. The molecule has 2 rings (SSSR count). The van der Waals surface area contributed by atoms with Gasteiger partial charge in [0.05, 0.1) is 0 Å². The number of carbonyl (C=O) groups excluding carboxylic acids is 1. The minimum Gasteiger partial charge on any atom is -0.480 e. The molecule has 0 unspecified atom stereocenters. The Morgan fingerprint density at radius 3 is 2.76 bits per heavy atom. The Balaban J connectivity index is 1.83. The maximum absolute atomic E-state index is 12.1. The van der Waals surface area contributed by atoms with Crippen molar-refractivity contribution in [2.24, 2.45) is 5.92 Å². The van der Waals surface area contributed by atoms with Crippen molar-refractivity contribution in [3.05, 3.63) is 11.7 Å². The van der Waals surface area contributed by atoms with Crippen LogP contribution in [0.4, 0.5) is 0 Å². The molecule has 0 bridgehead atoms. The van der Waals surface area contributed by atoms with Gasteiger partial charge in [0.25, 0.3) is 0 Å². The van der Waals surface area contributed by atoms with Gasteiger partial charge in [0, 0.05) is 25.8 Å². The third-order valence-corrected chi connectivity index (χ3v) is 3.39. The van der Waals surface area contributed by atoms with Crippen LogP contribution in [-0.4, -0.2) is 45.1 Å². The van der Waals surface area contributed by atoms with Crippen molar-refractivity contribution in [3.8, 4) is 0 Å². The Morgan fingerprint density at radius 2 is 2.14 bits per heavy atom. The molecule has 1 fully saturated rings. The van der Waals surface area contributed by atoms with Crippen LogP contribution < -0.4 is 0 Å². The first-order valence-corrected chi connectivity index (χ1v) is 7.39. The van der Waals surface area contributed by atoms with Crippen molar-refractivity contribution in [2.75, 3.05) is 13.1 Å². The number of carboxylic acids is 1. The molecule has 21 heavy (non-hydrogen) atoms. The molecule has 1 aliphatic carbocycles. The predicted molar refractivity (Wildman–Crippen MR) is 73.6 cm³/mol. The zero-order chi connectivity index (χ0) is 15.2. The maximum Gasteiger partial charge on any atom is 0.323 e. The second-order valence-corrected chi connectivity index (χ2v) is 5.47. The number of carboxylic acid groups (broad SMARTS) is 1. The number of hydrogen-bond donors (Lipinski definition) is 1. The van der Waals surface area contributed by atoms with Crippen LogP contribution in [0.15, 0.2) is 4.52 Å². The quantitative estimate of drug-likeness (QED) is 0.737. The first-order valence-electron chi connectivity index (χ1n) is 7.39. The van der Waals surface area contributed by atoms with Gasteiger partial charge in [-0.1, -0.05) is 12.1 Å². The van der Waals surface area contributed by atoms with Crippen LogP contribution in [0.1, 0.15) is 44.3 Å². The minimum absolute atomic E-state index is 0.167. The van der Waals surface area contributed by atoms with Crippen molar-refractivity contribution in [1.29, 1.82) is 0 Å². The first kappa shape index (κ1) is 15.5. The van der Waals surface area contributed by atoms with E-state index in [9.17, 15) is 9.59 Å². The van der Waals surface area contributed by atoms with E-state index in [1.807, 2.05) is 6.92 Å². The summed E-state index contributed by atoms with van der Waals surface area (Å²) < 4.78 is 5.07. The smallest absolute Gasteiger partial charge is 0.323 e. The number of aryl methyl sites for hydroxylation is 2. The monoisotopic (exact) mass is 295 g/mol. The fourth-order valence-electron chi connectivity index (χ4n) is 2.12. The molecule has 7 heteroatoms. The highest BCUT2D eigenvalue weighted by molar-refractivity contribution is 5.81. The zero-order valence-corrected chi connectivity index (χ0v) is 12.2. The van der Waals surface area contributed by atoms with Crippen LogP contribution in [0.5, 0.6) is 0 Å². The summed E-state index contributed by atoms with van der Waals surface area (Å²) in [5.41, 5.74) is 0. The fraction of sp³-hybridized carbons (Fsp3) is 0.714. The molecule has 1 saturated carbocycles. The van der Waals surface area contributed by atoms with E-state index in [2.05, 4.69) is 10.1 Å². The van der Waals surface area contributed by atoms with Crippen molar-refractivity contribution in [3.63, 3.8) is 0 Å². The molecule has 0 aromatic carbocycles. The topological polar surface area (TPSA) is 96.5 Å². The number of hydrogen-bond acceptors (Lipinski definition) is 5. The highest BCUT2D eigenvalue weighted by Gasteiger charge is 2.27. The highest BCUT2D eigenvalue weighted by atomic mass is 16.5. The second kappa shape index (κ2) is 7.19. The molecular formula is C14H21N3O4. The van der Waals surface area contributed by atoms with Gasteiger partial charge in [0.15, 0.2) is 5.82 Å². The van der Waals surface area contributed by atoms with E-state index in [1.54, 1.807) is 0 Å². The largest absolute Gasteiger partial charge is 0.480 e. The van der Waals surface area contributed by atoms with E-state index in [4.69, 9.17) is 9.63 Å². The number of aromatic nitrogens is 2. The van der Waals surface area contributed by atoms with Crippen LogP contribution >= 0.6 is 0 Å². The summed E-state index contributed by atoms with van der Waals surface area (Å²) in [6, 6.07) is 0. The van der Waals surface area contributed by atoms with Gasteiger partial charge < -0.3 is 14.5 Å². The summed E-state index contributed by atoms with van der Waals surface area (Å²) in [7, 11) is 0. The Labute approximate surface area is 123 Å². The Hall–Kier alpha value is -1.92. The third-order valence-electron chi connectivity index (χ3n) is 3.39. The third kappa shape index (κ3) is 5.17. The molecular weight excluding hydrogens is 274 g/mol. The number of nitrogens with zero attached hydrogens (tertiary/aromatic N) is 3. The van der Waals surface area contributed by atoms with Gasteiger partial charge in [0.2, 0.25) is 11.8 Å². The summed E-state index contributed by atoms with van der Waals surface area (Å²) >= 11 is 0. The molecule has 116 valence electrons. The lowest BCUT2D eigenvalue weighted by Gasteiger charge is -2.20. The number of amides is 1. The van der Waals surface area contributed by atoms with E-state index in [1.165, 1.54) is 4.90 Å². The lowest BCUT2D eigenvalue weighted by Crippen LogP contribution is -2.37. The van der Waals surface area contributed by atoms with E-state index < -0.39 is 5.97 Å². The average Bonchev–Trinajstić information content (AvgIpc) is 3.13. The van der Waals surface area contributed by atoms with Crippen molar-refractivity contribution in [1.82, 2.24) is 15.0 Å². The Bertz CT molecular complexity index is 496. The van der Waals surface area contributed by atoms with Gasteiger partial charge in [-0.3, -0.25) is 9.59 Å². The van der Waals surface area contributed by atoms with Crippen LogP contribution in [0.3, 0.4) is 0 Å². The molecule has 1 heterocycles. The highest BCUT2D eigenvalue weighted by Crippen LogP contribution is 2.29. The summed E-state index contributed by atoms with van der Waals surface area (Å²) in [4.78, 5) is 28.6. The second-order valence-electron chi connectivity index (χ2n) is 5.47. The van der Waals surface area contributed by atoms with Crippen molar-refractivity contribution < 1.29 is 19.2 Å². The molecule has 1 aliphatic rings. The average molecular weight is 295 g/mol.